The largest absolute Gasteiger partial charge is 0.493 e. The van der Waals surface area contributed by atoms with Crippen molar-refractivity contribution in [1.82, 2.24) is 10.6 Å². The van der Waals surface area contributed by atoms with E-state index in [9.17, 15) is 9.59 Å². The van der Waals surface area contributed by atoms with Gasteiger partial charge in [0.2, 0.25) is 0 Å². The van der Waals surface area contributed by atoms with Crippen LogP contribution in [0.4, 0.5) is 4.79 Å². The van der Waals surface area contributed by atoms with E-state index in [-0.39, 0.29) is 12.6 Å². The molecular weight excluding hydrogens is 344 g/mol. The lowest BCUT2D eigenvalue weighted by molar-refractivity contribution is -0.139. The third-order valence-electron chi connectivity index (χ3n) is 3.75. The van der Waals surface area contributed by atoms with Crippen LogP contribution in [0.2, 0.25) is 5.02 Å². The molecule has 25 heavy (non-hydrogen) atoms. The summed E-state index contributed by atoms with van der Waals surface area (Å²) in [5.74, 6) is 0.106. The first kappa shape index (κ1) is 19.1. The fourth-order valence-electron chi connectivity index (χ4n) is 2.67. The van der Waals surface area contributed by atoms with Crippen molar-refractivity contribution >= 4 is 23.6 Å². The van der Waals surface area contributed by atoms with Crippen molar-refractivity contribution in [1.29, 1.82) is 0 Å². The van der Waals surface area contributed by atoms with Gasteiger partial charge in [0, 0.05) is 16.3 Å². The molecular formula is C18H23ClN2O4. The number of hydrogen-bond donors (Lipinski definition) is 2. The summed E-state index contributed by atoms with van der Waals surface area (Å²) in [7, 11) is 0. The fraction of sp³-hybridized carbons (Fsp3) is 0.444. The molecule has 1 aliphatic rings. The summed E-state index contributed by atoms with van der Waals surface area (Å²) in [4.78, 5) is 24.6. The zero-order valence-corrected chi connectivity index (χ0v) is 15.4. The first-order valence-electron chi connectivity index (χ1n) is 8.41. The number of carbonyl (C=O) groups is 2. The van der Waals surface area contributed by atoms with Gasteiger partial charge in [-0.05, 0) is 38.0 Å². The van der Waals surface area contributed by atoms with Gasteiger partial charge in [-0.25, -0.2) is 9.59 Å². The van der Waals surface area contributed by atoms with Crippen LogP contribution in [0.3, 0.4) is 0 Å². The van der Waals surface area contributed by atoms with Gasteiger partial charge < -0.3 is 20.1 Å². The molecule has 0 fully saturated rings. The first-order chi connectivity index (χ1) is 12.0. The zero-order chi connectivity index (χ0) is 18.4. The van der Waals surface area contributed by atoms with Gasteiger partial charge in [-0.1, -0.05) is 25.4 Å². The third-order valence-corrected chi connectivity index (χ3v) is 3.98. The minimum atomic E-state index is -0.687. The molecule has 1 unspecified atom stereocenters. The highest BCUT2D eigenvalue weighted by molar-refractivity contribution is 6.30. The Morgan fingerprint density at radius 2 is 2.04 bits per heavy atom. The number of allylic oxidation sites excluding steroid dienone is 1. The van der Waals surface area contributed by atoms with Crippen molar-refractivity contribution in [3.63, 3.8) is 0 Å². The predicted molar refractivity (Wildman–Crippen MR) is 95.6 cm³/mol. The van der Waals surface area contributed by atoms with Gasteiger partial charge in [-0.3, -0.25) is 0 Å². The highest BCUT2D eigenvalue weighted by Crippen LogP contribution is 2.36. The number of ether oxygens (including phenoxy) is 2. The minimum Gasteiger partial charge on any atom is -0.493 e. The zero-order valence-electron chi connectivity index (χ0n) is 14.6. The number of benzene rings is 1. The Hall–Kier alpha value is -2.21. The molecule has 1 atom stereocenters. The van der Waals surface area contributed by atoms with Crippen molar-refractivity contribution in [2.75, 3.05) is 13.2 Å². The Morgan fingerprint density at radius 1 is 1.28 bits per heavy atom. The van der Waals surface area contributed by atoms with E-state index in [4.69, 9.17) is 21.1 Å². The van der Waals surface area contributed by atoms with Crippen LogP contribution >= 0.6 is 11.6 Å². The van der Waals surface area contributed by atoms with Crippen LogP contribution in [-0.4, -0.2) is 25.2 Å². The number of urea groups is 1. The molecule has 0 aromatic heterocycles. The highest BCUT2D eigenvalue weighted by Gasteiger charge is 2.34. The van der Waals surface area contributed by atoms with Crippen LogP contribution < -0.4 is 15.4 Å². The maximum atomic E-state index is 12.5. The molecule has 1 aromatic rings. The molecule has 0 saturated carbocycles. The minimum absolute atomic E-state index is 0.245. The second kappa shape index (κ2) is 8.76. The molecule has 2 amide bonds. The van der Waals surface area contributed by atoms with Gasteiger partial charge in [0.25, 0.3) is 0 Å². The lowest BCUT2D eigenvalue weighted by Gasteiger charge is -2.30. The summed E-state index contributed by atoms with van der Waals surface area (Å²) in [6.45, 7) is 6.37. The Kier molecular flexibility index (Phi) is 6.70. The van der Waals surface area contributed by atoms with Gasteiger partial charge >= 0.3 is 12.0 Å². The fourth-order valence-corrected chi connectivity index (χ4v) is 2.85. The third kappa shape index (κ3) is 4.45. The molecule has 0 aliphatic carbocycles. The van der Waals surface area contributed by atoms with E-state index in [1.54, 1.807) is 25.1 Å². The maximum Gasteiger partial charge on any atom is 0.338 e. The second-order valence-electron chi connectivity index (χ2n) is 5.53. The monoisotopic (exact) mass is 366 g/mol. The molecule has 0 radical (unpaired) electrons. The van der Waals surface area contributed by atoms with Crippen LogP contribution in [0.25, 0.3) is 0 Å². The van der Waals surface area contributed by atoms with Crippen LogP contribution in [0.15, 0.2) is 29.5 Å². The molecule has 0 spiro atoms. The lowest BCUT2D eigenvalue weighted by atomic mass is 9.93. The number of halogens is 1. The summed E-state index contributed by atoms with van der Waals surface area (Å²) in [5, 5.41) is 5.96. The van der Waals surface area contributed by atoms with Gasteiger partial charge in [-0.2, -0.15) is 0 Å². The van der Waals surface area contributed by atoms with Crippen molar-refractivity contribution in [3.05, 3.63) is 40.1 Å². The van der Waals surface area contributed by atoms with Crippen LogP contribution in [0, 0.1) is 0 Å². The van der Waals surface area contributed by atoms with E-state index in [0.29, 0.717) is 40.6 Å². The van der Waals surface area contributed by atoms with E-state index in [2.05, 4.69) is 10.6 Å². The summed E-state index contributed by atoms with van der Waals surface area (Å²) in [6.07, 6.45) is 1.32. The van der Waals surface area contributed by atoms with Crippen molar-refractivity contribution < 1.29 is 19.1 Å². The Morgan fingerprint density at radius 3 is 2.68 bits per heavy atom. The molecule has 0 bridgehead atoms. The van der Waals surface area contributed by atoms with Crippen molar-refractivity contribution in [2.24, 2.45) is 0 Å². The lowest BCUT2D eigenvalue weighted by Crippen LogP contribution is -2.46. The van der Waals surface area contributed by atoms with E-state index >= 15 is 0 Å². The molecule has 1 aromatic carbocycles. The van der Waals surface area contributed by atoms with Crippen LogP contribution in [0.1, 0.15) is 45.2 Å². The maximum absolute atomic E-state index is 12.5. The Bertz CT molecular complexity index is 688. The number of carbonyl (C=O) groups excluding carboxylic acids is 2. The molecule has 136 valence electrons. The van der Waals surface area contributed by atoms with E-state index in [1.807, 2.05) is 13.8 Å². The van der Waals surface area contributed by atoms with Gasteiger partial charge in [0.15, 0.2) is 0 Å². The molecule has 2 N–H and O–H groups in total. The number of rotatable bonds is 7. The summed E-state index contributed by atoms with van der Waals surface area (Å²) < 4.78 is 11.0. The predicted octanol–water partition coefficient (Wildman–Crippen LogP) is 3.71. The van der Waals surface area contributed by atoms with E-state index in [1.165, 1.54) is 0 Å². The average molecular weight is 367 g/mol. The molecule has 2 rings (SSSR count). The van der Waals surface area contributed by atoms with Crippen molar-refractivity contribution in [2.45, 2.75) is 39.7 Å². The standard InChI is InChI=1S/C18H23ClN2O4/c1-4-9-25-14-8-7-11(19)10-12(14)16-15(17(22)24-6-3)13(5-2)20-18(23)21-16/h7-8,10,16H,4-6,9H2,1-3H3,(H2,20,21,23). The van der Waals surface area contributed by atoms with Crippen LogP contribution in [0.5, 0.6) is 5.75 Å². The number of hydrogen-bond acceptors (Lipinski definition) is 4. The van der Waals surface area contributed by atoms with Gasteiger partial charge in [0.1, 0.15) is 5.75 Å². The number of esters is 1. The van der Waals surface area contributed by atoms with E-state index in [0.717, 1.165) is 6.42 Å². The molecule has 0 saturated heterocycles. The second-order valence-corrected chi connectivity index (χ2v) is 5.96. The molecule has 1 heterocycles. The quantitative estimate of drug-likeness (QED) is 0.721. The first-order valence-corrected chi connectivity index (χ1v) is 8.79. The molecule has 7 heteroatoms. The number of nitrogens with one attached hydrogen (secondary N) is 2. The SMILES string of the molecule is CCCOc1ccc(Cl)cc1C1NC(=O)NC(CC)=C1C(=O)OCC. The topological polar surface area (TPSA) is 76.7 Å². The Labute approximate surface area is 152 Å². The van der Waals surface area contributed by atoms with Gasteiger partial charge in [-0.15, -0.1) is 0 Å². The average Bonchev–Trinajstić information content (AvgIpc) is 2.59. The molecule has 1 aliphatic heterocycles. The van der Waals surface area contributed by atoms with Crippen molar-refractivity contribution in [3.8, 4) is 5.75 Å². The number of amides is 2. The summed E-state index contributed by atoms with van der Waals surface area (Å²) in [5.41, 5.74) is 1.53. The normalized spacial score (nSPS) is 17.0. The summed E-state index contributed by atoms with van der Waals surface area (Å²) in [6, 6.07) is 4.10. The van der Waals surface area contributed by atoms with Gasteiger partial charge in [0.05, 0.1) is 24.8 Å². The highest BCUT2D eigenvalue weighted by atomic mass is 35.5. The summed E-state index contributed by atoms with van der Waals surface area (Å²) >= 11 is 6.15. The molecule has 6 nitrogen and oxygen atoms in total. The Balaban J connectivity index is 2.55. The van der Waals surface area contributed by atoms with Crippen LogP contribution in [-0.2, 0) is 9.53 Å². The smallest absolute Gasteiger partial charge is 0.338 e. The van der Waals surface area contributed by atoms with E-state index < -0.39 is 12.0 Å².